The summed E-state index contributed by atoms with van der Waals surface area (Å²) in [6.45, 7) is 2.04. The molecule has 64 valence electrons. The van der Waals surface area contributed by atoms with Gasteiger partial charge in [-0.3, -0.25) is 4.79 Å². The van der Waals surface area contributed by atoms with Gasteiger partial charge < -0.3 is 10.5 Å². The van der Waals surface area contributed by atoms with E-state index in [1.807, 2.05) is 6.92 Å². The van der Waals surface area contributed by atoms with Crippen molar-refractivity contribution in [3.05, 3.63) is 0 Å². The molecule has 0 amide bonds. The minimum Gasteiger partial charge on any atom is -0.468 e. The Kier molecular flexibility index (Phi) is 2.18. The van der Waals surface area contributed by atoms with E-state index in [9.17, 15) is 4.79 Å². The van der Waals surface area contributed by atoms with Gasteiger partial charge >= 0.3 is 5.97 Å². The second kappa shape index (κ2) is 2.81. The number of hydrogen-bond acceptors (Lipinski definition) is 3. The predicted octanol–water partition coefficient (Wildman–Crippen LogP) is 0.677. The summed E-state index contributed by atoms with van der Waals surface area (Å²) in [5.74, 6) is -0.285. The van der Waals surface area contributed by atoms with Crippen LogP contribution in [0.2, 0.25) is 0 Å². The zero-order chi connectivity index (χ0) is 8.48. The third kappa shape index (κ3) is 1.38. The zero-order valence-electron chi connectivity index (χ0n) is 7.09. The summed E-state index contributed by atoms with van der Waals surface area (Å²) in [5.41, 5.74) is 5.70. The number of esters is 1. The van der Waals surface area contributed by atoms with Crippen molar-refractivity contribution in [2.75, 3.05) is 7.11 Å². The van der Waals surface area contributed by atoms with Gasteiger partial charge in [0.1, 0.15) is 6.04 Å². The molecule has 0 bridgehead atoms. The Bertz CT molecular complexity index is 163. The lowest BCUT2D eigenvalue weighted by atomic mass is 9.66. The summed E-state index contributed by atoms with van der Waals surface area (Å²) in [6.07, 6.45) is 3.27. The van der Waals surface area contributed by atoms with Crippen LogP contribution in [-0.4, -0.2) is 19.1 Å². The van der Waals surface area contributed by atoms with Crippen LogP contribution in [0.25, 0.3) is 0 Å². The van der Waals surface area contributed by atoms with Crippen molar-refractivity contribution in [3.8, 4) is 0 Å². The molecule has 1 aliphatic rings. The van der Waals surface area contributed by atoms with Gasteiger partial charge in [0.05, 0.1) is 7.11 Å². The van der Waals surface area contributed by atoms with Gasteiger partial charge in [0.15, 0.2) is 0 Å². The van der Waals surface area contributed by atoms with E-state index in [2.05, 4.69) is 4.74 Å². The highest BCUT2D eigenvalue weighted by Gasteiger charge is 2.41. The Balaban J connectivity index is 2.52. The van der Waals surface area contributed by atoms with Crippen LogP contribution in [0.15, 0.2) is 0 Å². The van der Waals surface area contributed by atoms with Crippen molar-refractivity contribution < 1.29 is 9.53 Å². The van der Waals surface area contributed by atoms with E-state index in [4.69, 9.17) is 5.73 Å². The van der Waals surface area contributed by atoms with E-state index >= 15 is 0 Å². The lowest BCUT2D eigenvalue weighted by Crippen LogP contribution is -2.49. The largest absolute Gasteiger partial charge is 0.468 e. The fourth-order valence-corrected chi connectivity index (χ4v) is 1.46. The second-order valence-electron chi connectivity index (χ2n) is 3.51. The van der Waals surface area contributed by atoms with Gasteiger partial charge in [0.25, 0.3) is 0 Å². The van der Waals surface area contributed by atoms with Gasteiger partial charge in [-0.1, -0.05) is 13.3 Å². The van der Waals surface area contributed by atoms with Crippen molar-refractivity contribution in [1.29, 1.82) is 0 Å². The van der Waals surface area contributed by atoms with Crippen LogP contribution in [0.1, 0.15) is 26.2 Å². The minimum atomic E-state index is -0.429. The summed E-state index contributed by atoms with van der Waals surface area (Å²) in [7, 11) is 1.38. The maximum absolute atomic E-state index is 11.0. The van der Waals surface area contributed by atoms with Crippen LogP contribution >= 0.6 is 0 Å². The van der Waals surface area contributed by atoms with Crippen LogP contribution in [0.4, 0.5) is 0 Å². The molecule has 2 N–H and O–H groups in total. The molecule has 1 aliphatic carbocycles. The van der Waals surface area contributed by atoms with E-state index in [1.54, 1.807) is 0 Å². The van der Waals surface area contributed by atoms with Crippen LogP contribution in [0.3, 0.4) is 0 Å². The monoisotopic (exact) mass is 157 g/mol. The highest BCUT2D eigenvalue weighted by molar-refractivity contribution is 5.76. The van der Waals surface area contributed by atoms with Gasteiger partial charge in [-0.15, -0.1) is 0 Å². The zero-order valence-corrected chi connectivity index (χ0v) is 7.09. The summed E-state index contributed by atoms with van der Waals surface area (Å²) in [5, 5.41) is 0. The van der Waals surface area contributed by atoms with Crippen molar-refractivity contribution in [1.82, 2.24) is 0 Å². The van der Waals surface area contributed by atoms with Crippen LogP contribution in [0, 0.1) is 5.41 Å². The molecule has 0 aromatic rings. The lowest BCUT2D eigenvalue weighted by Gasteiger charge is -2.41. The molecule has 1 atom stereocenters. The first-order valence-electron chi connectivity index (χ1n) is 3.93. The fraction of sp³-hybridized carbons (Fsp3) is 0.875. The first-order valence-corrected chi connectivity index (χ1v) is 3.93. The maximum Gasteiger partial charge on any atom is 0.323 e. The first kappa shape index (κ1) is 8.53. The molecule has 0 aliphatic heterocycles. The van der Waals surface area contributed by atoms with Crippen LogP contribution in [-0.2, 0) is 9.53 Å². The smallest absolute Gasteiger partial charge is 0.323 e. The van der Waals surface area contributed by atoms with Crippen molar-refractivity contribution in [2.24, 2.45) is 11.1 Å². The number of nitrogens with two attached hydrogens (primary N) is 1. The highest BCUT2D eigenvalue weighted by Crippen LogP contribution is 2.42. The highest BCUT2D eigenvalue weighted by atomic mass is 16.5. The van der Waals surface area contributed by atoms with E-state index < -0.39 is 6.04 Å². The predicted molar refractivity (Wildman–Crippen MR) is 41.9 cm³/mol. The molecule has 3 heteroatoms. The molecule has 1 saturated carbocycles. The molecule has 0 spiro atoms. The number of carbonyl (C=O) groups excluding carboxylic acids is 1. The van der Waals surface area contributed by atoms with E-state index in [1.165, 1.54) is 13.5 Å². The fourth-order valence-electron chi connectivity index (χ4n) is 1.46. The summed E-state index contributed by atoms with van der Waals surface area (Å²) in [4.78, 5) is 11.0. The average Bonchev–Trinajstić information content (AvgIpc) is 1.97. The van der Waals surface area contributed by atoms with Crippen LogP contribution < -0.4 is 5.73 Å². The van der Waals surface area contributed by atoms with Crippen LogP contribution in [0.5, 0.6) is 0 Å². The molecule has 0 aromatic heterocycles. The normalized spacial score (nSPS) is 23.5. The van der Waals surface area contributed by atoms with E-state index in [-0.39, 0.29) is 11.4 Å². The summed E-state index contributed by atoms with van der Waals surface area (Å²) < 4.78 is 4.57. The third-order valence-corrected chi connectivity index (χ3v) is 2.70. The first-order chi connectivity index (χ1) is 5.10. The molecule has 1 rings (SSSR count). The second-order valence-corrected chi connectivity index (χ2v) is 3.51. The Morgan fingerprint density at radius 2 is 2.18 bits per heavy atom. The molecule has 1 fully saturated rings. The number of methoxy groups -OCH3 is 1. The van der Waals surface area contributed by atoms with Gasteiger partial charge in [0, 0.05) is 0 Å². The Morgan fingerprint density at radius 3 is 2.45 bits per heavy atom. The topological polar surface area (TPSA) is 52.3 Å². The Hall–Kier alpha value is -0.570. The van der Waals surface area contributed by atoms with E-state index in [0.29, 0.717) is 0 Å². The summed E-state index contributed by atoms with van der Waals surface area (Å²) in [6, 6.07) is -0.429. The third-order valence-electron chi connectivity index (χ3n) is 2.70. The molecular formula is C8H15NO2. The molecule has 0 heterocycles. The molecule has 0 unspecified atom stereocenters. The molecule has 0 radical (unpaired) electrons. The number of carbonyl (C=O) groups is 1. The number of rotatable bonds is 2. The molecule has 3 nitrogen and oxygen atoms in total. The van der Waals surface area contributed by atoms with Gasteiger partial charge in [-0.05, 0) is 18.3 Å². The van der Waals surface area contributed by atoms with Crippen molar-refractivity contribution >= 4 is 5.97 Å². The van der Waals surface area contributed by atoms with Gasteiger partial charge in [-0.25, -0.2) is 0 Å². The molecule has 0 saturated heterocycles. The molecule has 0 aromatic carbocycles. The quantitative estimate of drug-likeness (QED) is 0.599. The standard InChI is InChI=1S/C8H15NO2/c1-8(4-3-5-8)6(9)7(10)11-2/h6H,3-5,9H2,1-2H3/t6-/m1/s1. The van der Waals surface area contributed by atoms with Gasteiger partial charge in [0.2, 0.25) is 0 Å². The van der Waals surface area contributed by atoms with Gasteiger partial charge in [-0.2, -0.15) is 0 Å². The summed E-state index contributed by atoms with van der Waals surface area (Å²) >= 11 is 0. The SMILES string of the molecule is COC(=O)[C@@H](N)C1(C)CCC1. The molecular weight excluding hydrogens is 142 g/mol. The molecule has 11 heavy (non-hydrogen) atoms. The Labute approximate surface area is 66.9 Å². The number of hydrogen-bond donors (Lipinski definition) is 1. The minimum absolute atomic E-state index is 0.00704. The van der Waals surface area contributed by atoms with Crippen molar-refractivity contribution in [2.45, 2.75) is 32.2 Å². The average molecular weight is 157 g/mol. The maximum atomic E-state index is 11.0. The number of ether oxygens (including phenoxy) is 1. The Morgan fingerprint density at radius 1 is 1.64 bits per heavy atom. The van der Waals surface area contributed by atoms with E-state index in [0.717, 1.165) is 12.8 Å². The lowest BCUT2D eigenvalue weighted by molar-refractivity contribution is -0.147. The van der Waals surface area contributed by atoms with Crippen molar-refractivity contribution in [3.63, 3.8) is 0 Å².